The lowest BCUT2D eigenvalue weighted by Gasteiger charge is -2.39. The summed E-state index contributed by atoms with van der Waals surface area (Å²) in [6.07, 6.45) is 32.6. The van der Waals surface area contributed by atoms with Crippen LogP contribution in [0.4, 0.5) is 0 Å². The maximum atomic E-state index is 7.35. The van der Waals surface area contributed by atoms with Gasteiger partial charge < -0.3 is 18.9 Å². The van der Waals surface area contributed by atoms with Crippen molar-refractivity contribution in [3.05, 3.63) is 57.6 Å². The Morgan fingerprint density at radius 2 is 0.648 bits per heavy atom. The van der Waals surface area contributed by atoms with Crippen molar-refractivity contribution in [1.29, 1.82) is 0 Å². The number of epoxide rings is 2. The minimum Gasteiger partial charge on any atom is -0.493 e. The van der Waals surface area contributed by atoms with Gasteiger partial charge in [-0.3, -0.25) is 0 Å². The van der Waals surface area contributed by atoms with Gasteiger partial charge in [-0.05, 0) is 109 Å². The van der Waals surface area contributed by atoms with Crippen molar-refractivity contribution in [2.24, 2.45) is 11.8 Å². The zero-order valence-electron chi connectivity index (χ0n) is 50.0. The van der Waals surface area contributed by atoms with Crippen molar-refractivity contribution in [3.63, 3.8) is 0 Å². The van der Waals surface area contributed by atoms with Gasteiger partial charge in [0.25, 0.3) is 0 Å². The highest BCUT2D eigenvalue weighted by Gasteiger charge is 2.39. The highest BCUT2D eigenvalue weighted by molar-refractivity contribution is 5.58. The lowest BCUT2D eigenvalue weighted by atomic mass is 9.67. The third kappa shape index (κ3) is 18.6. The molecule has 0 amide bonds. The zero-order chi connectivity index (χ0) is 52.3. The smallest absolute Gasteiger partial charge is 0.126 e. The molecule has 2 aromatic carbocycles. The van der Waals surface area contributed by atoms with Crippen LogP contribution in [0.25, 0.3) is 0 Å². The van der Waals surface area contributed by atoms with Crippen molar-refractivity contribution in [3.8, 4) is 11.5 Å². The molecule has 0 N–H and O–H groups in total. The molecule has 4 unspecified atom stereocenters. The Bertz CT molecular complexity index is 1590. The molecule has 0 aromatic heterocycles. The topological polar surface area (TPSA) is 43.5 Å². The molecule has 2 aliphatic rings. The summed E-state index contributed by atoms with van der Waals surface area (Å²) in [7, 11) is 0. The van der Waals surface area contributed by atoms with Crippen molar-refractivity contribution < 1.29 is 18.9 Å². The van der Waals surface area contributed by atoms with Gasteiger partial charge in [-0.25, -0.2) is 0 Å². The zero-order valence-corrected chi connectivity index (χ0v) is 50.0. The monoisotopic (exact) mass is 985 g/mol. The van der Waals surface area contributed by atoms with Crippen LogP contribution >= 0.6 is 0 Å². The highest BCUT2D eigenvalue weighted by atomic mass is 16.6. The normalized spacial score (nSPS) is 17.4. The molecule has 4 rings (SSSR count). The first kappa shape index (κ1) is 61.5. The minimum absolute atomic E-state index is 0.0475. The van der Waals surface area contributed by atoms with Crippen LogP contribution in [0.15, 0.2) is 24.3 Å². The summed E-state index contributed by atoms with van der Waals surface area (Å²) in [5.41, 5.74) is 8.04. The lowest BCUT2D eigenvalue weighted by molar-refractivity contribution is 0.248. The molecule has 4 atom stereocenters. The van der Waals surface area contributed by atoms with E-state index in [0.717, 1.165) is 65.0 Å². The van der Waals surface area contributed by atoms with E-state index in [1.807, 2.05) is 0 Å². The molecule has 2 saturated heterocycles. The summed E-state index contributed by atoms with van der Waals surface area (Å²) in [5.74, 6) is 3.68. The Morgan fingerprint density at radius 1 is 0.394 bits per heavy atom. The fourth-order valence-electron chi connectivity index (χ4n) is 11.9. The van der Waals surface area contributed by atoms with Gasteiger partial charge in [0.15, 0.2) is 0 Å². The third-order valence-corrected chi connectivity index (χ3v) is 17.7. The highest BCUT2D eigenvalue weighted by Crippen LogP contribution is 2.51. The number of unbranched alkanes of at least 4 members (excludes halogenated alkanes) is 10. The molecule has 4 heteroatoms. The molecule has 408 valence electrons. The Hall–Kier alpha value is -2.04. The van der Waals surface area contributed by atoms with Crippen molar-refractivity contribution in [1.82, 2.24) is 0 Å². The van der Waals surface area contributed by atoms with Gasteiger partial charge >= 0.3 is 0 Å². The maximum Gasteiger partial charge on any atom is 0.126 e. The molecule has 0 bridgehead atoms. The molecule has 2 aromatic rings. The number of rotatable bonds is 40. The second kappa shape index (κ2) is 29.3. The molecule has 2 heterocycles. The summed E-state index contributed by atoms with van der Waals surface area (Å²) in [6.45, 7) is 42.6. The van der Waals surface area contributed by atoms with Crippen LogP contribution in [0.2, 0.25) is 0 Å². The van der Waals surface area contributed by atoms with E-state index in [1.165, 1.54) is 173 Å². The molecule has 2 fully saturated rings. The van der Waals surface area contributed by atoms with Crippen LogP contribution < -0.4 is 9.47 Å². The Balaban J connectivity index is 1.95. The second-order valence-electron chi connectivity index (χ2n) is 26.3. The molecule has 2 aliphatic heterocycles. The van der Waals surface area contributed by atoms with Gasteiger partial charge in [0.2, 0.25) is 0 Å². The van der Waals surface area contributed by atoms with Gasteiger partial charge in [-0.15, -0.1) is 0 Å². The van der Waals surface area contributed by atoms with Crippen LogP contribution in [0, 0.1) is 11.8 Å². The van der Waals surface area contributed by atoms with Crippen LogP contribution in [-0.4, -0.2) is 38.6 Å². The number of benzene rings is 2. The second-order valence-corrected chi connectivity index (χ2v) is 26.3. The Labute approximate surface area is 441 Å². The van der Waals surface area contributed by atoms with E-state index in [4.69, 9.17) is 18.9 Å². The van der Waals surface area contributed by atoms with Gasteiger partial charge in [0.1, 0.15) is 11.5 Å². The SMILES string of the molecule is CCCCCC(C)(C)c1cc(C(C)(C)c2cc(C(C)(C)CCCCC)c(OCCCC(CCCC)C3CO3)c(C(C)(C)CCCCC)c2)cc(C(C)(C)CCCCC)c1OCCCC(CCCC)C1CO1. The minimum atomic E-state index is -0.282. The van der Waals surface area contributed by atoms with E-state index < -0.39 is 0 Å². The number of hydrogen-bond donors (Lipinski definition) is 0. The van der Waals surface area contributed by atoms with Crippen LogP contribution in [0.3, 0.4) is 0 Å². The molecule has 0 saturated carbocycles. The predicted molar refractivity (Wildman–Crippen MR) is 309 cm³/mol. The fourth-order valence-corrected chi connectivity index (χ4v) is 11.9. The van der Waals surface area contributed by atoms with Crippen LogP contribution in [0.1, 0.15) is 311 Å². The lowest BCUT2D eigenvalue weighted by Crippen LogP contribution is -2.29. The van der Waals surface area contributed by atoms with Gasteiger partial charge in [-0.1, -0.05) is 238 Å². The van der Waals surface area contributed by atoms with E-state index in [1.54, 1.807) is 0 Å². The summed E-state index contributed by atoms with van der Waals surface area (Å²) >= 11 is 0. The summed E-state index contributed by atoms with van der Waals surface area (Å²) < 4.78 is 26.5. The first-order valence-corrected chi connectivity index (χ1v) is 30.6. The van der Waals surface area contributed by atoms with E-state index in [0.29, 0.717) is 24.0 Å². The average Bonchev–Trinajstić information content (AvgIpc) is 4.27. The van der Waals surface area contributed by atoms with Crippen LogP contribution in [-0.2, 0) is 36.5 Å². The molecular weight excluding hydrogens is 869 g/mol. The van der Waals surface area contributed by atoms with Crippen molar-refractivity contribution >= 4 is 0 Å². The molecule has 0 radical (unpaired) electrons. The first-order valence-electron chi connectivity index (χ1n) is 30.6. The first-order chi connectivity index (χ1) is 33.7. The van der Waals surface area contributed by atoms with E-state index in [-0.39, 0.29) is 27.1 Å². The van der Waals surface area contributed by atoms with Crippen LogP contribution in [0.5, 0.6) is 11.5 Å². The summed E-state index contributed by atoms with van der Waals surface area (Å²) in [4.78, 5) is 0. The molecule has 0 spiro atoms. The largest absolute Gasteiger partial charge is 0.493 e. The predicted octanol–water partition coefficient (Wildman–Crippen LogP) is 20.2. The number of ether oxygens (including phenoxy) is 4. The van der Waals surface area contributed by atoms with E-state index >= 15 is 0 Å². The molecular formula is C67H116O4. The average molecular weight is 986 g/mol. The van der Waals surface area contributed by atoms with Gasteiger partial charge in [0.05, 0.1) is 38.6 Å². The molecule has 71 heavy (non-hydrogen) atoms. The van der Waals surface area contributed by atoms with Crippen molar-refractivity contribution in [2.75, 3.05) is 26.4 Å². The maximum absolute atomic E-state index is 7.35. The Kier molecular flexibility index (Phi) is 25.4. The quantitative estimate of drug-likeness (QED) is 0.0493. The van der Waals surface area contributed by atoms with Gasteiger partial charge in [-0.2, -0.15) is 0 Å². The van der Waals surface area contributed by atoms with E-state index in [9.17, 15) is 0 Å². The third-order valence-electron chi connectivity index (χ3n) is 17.7. The van der Waals surface area contributed by atoms with E-state index in [2.05, 4.69) is 135 Å². The fraction of sp³-hybridized carbons (Fsp3) is 0.821. The molecule has 0 aliphatic carbocycles. The molecule has 4 nitrogen and oxygen atoms in total. The van der Waals surface area contributed by atoms with Gasteiger partial charge in [0, 0.05) is 27.7 Å². The summed E-state index contributed by atoms with van der Waals surface area (Å²) in [6, 6.07) is 10.5. The van der Waals surface area contributed by atoms with Crippen molar-refractivity contribution in [2.45, 2.75) is 317 Å². The number of hydrogen-bond acceptors (Lipinski definition) is 4. The summed E-state index contributed by atoms with van der Waals surface area (Å²) in [5, 5.41) is 0. The Morgan fingerprint density at radius 3 is 0.887 bits per heavy atom. The standard InChI is InChI=1S/C67H116O4/c1-17-23-29-39-63(7,8)55-45-53(46-56(64(9,10)40-30-24-18-2)61(55)68-43-33-37-51(35-27-21-5)59-49-70-59)67(15,16)54-47-57(65(11,12)41-31-25-19-3)62(58(48-54)66(13,14)42-32-26-20-4)69-44-34-38-52(36-28-22-6)60-50-71-60/h45-48,51-52,59-60H,17-44,49-50H2,1-16H3.